The lowest BCUT2D eigenvalue weighted by atomic mass is 9.71. The molecular formula is C21H29N3O. The number of likely N-dealkylation sites (tertiary alicyclic amines) is 1. The van der Waals surface area contributed by atoms with E-state index >= 15 is 0 Å². The van der Waals surface area contributed by atoms with E-state index in [0.29, 0.717) is 24.3 Å². The van der Waals surface area contributed by atoms with Crippen molar-refractivity contribution >= 4 is 16.8 Å². The lowest BCUT2D eigenvalue weighted by molar-refractivity contribution is -0.119. The first-order valence-corrected chi connectivity index (χ1v) is 9.77. The molecule has 3 N–H and O–H groups in total. The van der Waals surface area contributed by atoms with Crippen LogP contribution in [-0.2, 0) is 17.6 Å². The number of nitrogens with zero attached hydrogens (tertiary/aromatic N) is 1. The molecule has 134 valence electrons. The van der Waals surface area contributed by atoms with Gasteiger partial charge in [-0.1, -0.05) is 26.0 Å². The van der Waals surface area contributed by atoms with Crippen LogP contribution in [0.4, 0.5) is 0 Å². The smallest absolute Gasteiger partial charge is 0.217 e. The molecule has 1 aromatic heterocycles. The van der Waals surface area contributed by atoms with Gasteiger partial charge in [-0.05, 0) is 55.3 Å². The van der Waals surface area contributed by atoms with Gasteiger partial charge in [0.1, 0.15) is 0 Å². The summed E-state index contributed by atoms with van der Waals surface area (Å²) < 4.78 is 0. The van der Waals surface area contributed by atoms with Crippen molar-refractivity contribution in [2.75, 3.05) is 13.1 Å². The van der Waals surface area contributed by atoms with Crippen LogP contribution in [0.15, 0.2) is 18.2 Å². The van der Waals surface area contributed by atoms with Gasteiger partial charge in [0, 0.05) is 41.5 Å². The van der Waals surface area contributed by atoms with Gasteiger partial charge in [-0.25, -0.2) is 0 Å². The van der Waals surface area contributed by atoms with E-state index in [1.54, 1.807) is 0 Å². The highest BCUT2D eigenvalue weighted by Gasteiger charge is 2.41. The Morgan fingerprint density at radius 1 is 1.36 bits per heavy atom. The number of carbonyl (C=O) groups is 1. The average Bonchev–Trinajstić information content (AvgIpc) is 2.95. The minimum Gasteiger partial charge on any atom is -0.370 e. The maximum absolute atomic E-state index is 11.5. The van der Waals surface area contributed by atoms with Crippen molar-refractivity contribution in [3.05, 3.63) is 35.0 Å². The van der Waals surface area contributed by atoms with Gasteiger partial charge in [0.25, 0.3) is 0 Å². The summed E-state index contributed by atoms with van der Waals surface area (Å²) in [6.07, 6.45) is 4.93. The predicted molar refractivity (Wildman–Crippen MR) is 102 cm³/mol. The SMILES string of the molecule is CCCN1C[C@H](CC(N)=O)C[C@@H]2c3cccc4[nH]c(CC)c(c34)C[C@H]21. The van der Waals surface area contributed by atoms with Crippen molar-refractivity contribution in [2.24, 2.45) is 11.7 Å². The van der Waals surface area contributed by atoms with E-state index in [1.807, 2.05) is 0 Å². The Balaban J connectivity index is 1.78. The van der Waals surface area contributed by atoms with Crippen molar-refractivity contribution in [3.63, 3.8) is 0 Å². The maximum atomic E-state index is 11.5. The number of hydrogen-bond acceptors (Lipinski definition) is 2. The number of benzene rings is 1. The molecule has 0 radical (unpaired) electrons. The monoisotopic (exact) mass is 339 g/mol. The van der Waals surface area contributed by atoms with E-state index < -0.39 is 0 Å². The van der Waals surface area contributed by atoms with Crippen molar-refractivity contribution in [2.45, 2.75) is 57.9 Å². The van der Waals surface area contributed by atoms with Crippen molar-refractivity contribution in [3.8, 4) is 0 Å². The molecule has 1 aliphatic heterocycles. The van der Waals surface area contributed by atoms with Crippen LogP contribution >= 0.6 is 0 Å². The Bertz CT molecular complexity index is 794. The molecule has 1 amide bonds. The summed E-state index contributed by atoms with van der Waals surface area (Å²) in [7, 11) is 0. The zero-order valence-electron chi connectivity index (χ0n) is 15.3. The zero-order chi connectivity index (χ0) is 17.6. The highest BCUT2D eigenvalue weighted by atomic mass is 16.1. The number of amides is 1. The molecule has 2 aromatic rings. The summed E-state index contributed by atoms with van der Waals surface area (Å²) in [5.41, 5.74) is 11.2. The first-order chi connectivity index (χ1) is 12.1. The van der Waals surface area contributed by atoms with Gasteiger partial charge in [-0.2, -0.15) is 0 Å². The lowest BCUT2D eigenvalue weighted by Crippen LogP contribution is -2.50. The first-order valence-electron chi connectivity index (χ1n) is 9.77. The molecule has 0 spiro atoms. The summed E-state index contributed by atoms with van der Waals surface area (Å²) in [5.74, 6) is 0.734. The molecule has 0 saturated carbocycles. The van der Waals surface area contributed by atoms with Crippen molar-refractivity contribution < 1.29 is 4.79 Å². The molecule has 3 atom stereocenters. The number of nitrogens with one attached hydrogen (secondary N) is 1. The number of nitrogens with two attached hydrogens (primary N) is 1. The Kier molecular flexibility index (Phi) is 4.32. The average molecular weight is 339 g/mol. The largest absolute Gasteiger partial charge is 0.370 e. The molecule has 0 bridgehead atoms. The number of hydrogen-bond donors (Lipinski definition) is 2. The molecule has 2 aliphatic rings. The normalized spacial score (nSPS) is 25.9. The summed E-state index contributed by atoms with van der Waals surface area (Å²) in [4.78, 5) is 17.8. The highest BCUT2D eigenvalue weighted by molar-refractivity contribution is 5.89. The molecular weight excluding hydrogens is 310 g/mol. The van der Waals surface area contributed by atoms with E-state index in [-0.39, 0.29) is 5.91 Å². The van der Waals surface area contributed by atoms with Gasteiger partial charge in [0.2, 0.25) is 5.91 Å². The van der Waals surface area contributed by atoms with Crippen LogP contribution in [0.3, 0.4) is 0 Å². The second kappa shape index (κ2) is 6.49. The zero-order valence-corrected chi connectivity index (χ0v) is 15.3. The molecule has 1 aromatic carbocycles. The van der Waals surface area contributed by atoms with Crippen molar-refractivity contribution in [1.29, 1.82) is 0 Å². The van der Waals surface area contributed by atoms with Gasteiger partial charge in [-0.3, -0.25) is 9.69 Å². The van der Waals surface area contributed by atoms with Gasteiger partial charge >= 0.3 is 0 Å². The second-order valence-corrected chi connectivity index (χ2v) is 7.85. The van der Waals surface area contributed by atoms with E-state index in [4.69, 9.17) is 5.73 Å². The molecule has 4 nitrogen and oxygen atoms in total. The van der Waals surface area contributed by atoms with Crippen molar-refractivity contribution in [1.82, 2.24) is 9.88 Å². The minimum absolute atomic E-state index is 0.162. The fraction of sp³-hybridized carbons (Fsp3) is 0.571. The van der Waals surface area contributed by atoms with Crippen LogP contribution in [0, 0.1) is 5.92 Å². The van der Waals surface area contributed by atoms with Crippen LogP contribution in [0.25, 0.3) is 10.9 Å². The van der Waals surface area contributed by atoms with Crippen LogP contribution in [0.5, 0.6) is 0 Å². The number of aryl methyl sites for hydroxylation is 1. The Hall–Kier alpha value is -1.81. The quantitative estimate of drug-likeness (QED) is 0.877. The fourth-order valence-electron chi connectivity index (χ4n) is 5.34. The summed E-state index contributed by atoms with van der Waals surface area (Å²) in [6, 6.07) is 7.26. The van der Waals surface area contributed by atoms with Crippen LogP contribution in [0.2, 0.25) is 0 Å². The second-order valence-electron chi connectivity index (χ2n) is 7.85. The maximum Gasteiger partial charge on any atom is 0.217 e. The molecule has 1 aliphatic carbocycles. The first kappa shape index (κ1) is 16.6. The molecule has 0 unspecified atom stereocenters. The van der Waals surface area contributed by atoms with Crippen LogP contribution < -0.4 is 5.73 Å². The summed E-state index contributed by atoms with van der Waals surface area (Å²) >= 11 is 0. The van der Waals surface area contributed by atoms with Gasteiger partial charge in [0.05, 0.1) is 0 Å². The van der Waals surface area contributed by atoms with E-state index in [0.717, 1.165) is 38.8 Å². The number of aromatic nitrogens is 1. The third kappa shape index (κ3) is 2.77. The molecule has 25 heavy (non-hydrogen) atoms. The minimum atomic E-state index is -0.162. The molecule has 2 heterocycles. The topological polar surface area (TPSA) is 62.1 Å². The highest BCUT2D eigenvalue weighted by Crippen LogP contribution is 2.46. The number of piperidine rings is 1. The fourth-order valence-corrected chi connectivity index (χ4v) is 5.34. The third-order valence-electron chi connectivity index (χ3n) is 6.23. The number of primary amides is 1. The summed E-state index contributed by atoms with van der Waals surface area (Å²) in [6.45, 7) is 6.60. The Labute approximate surface area is 149 Å². The Morgan fingerprint density at radius 2 is 2.20 bits per heavy atom. The number of rotatable bonds is 5. The van der Waals surface area contributed by atoms with E-state index in [1.165, 1.54) is 27.7 Å². The molecule has 1 saturated heterocycles. The number of H-pyrrole nitrogens is 1. The number of carbonyl (C=O) groups excluding carboxylic acids is 1. The predicted octanol–water partition coefficient (Wildman–Crippen LogP) is 3.35. The van der Waals surface area contributed by atoms with Gasteiger partial charge < -0.3 is 10.7 Å². The Morgan fingerprint density at radius 3 is 2.92 bits per heavy atom. The van der Waals surface area contributed by atoms with Crippen LogP contribution in [-0.4, -0.2) is 34.9 Å². The standard InChI is InChI=1S/C21H29N3O/c1-3-8-24-12-13(10-20(22)25)9-15-14-6-5-7-18-21(14)16(11-19(15)24)17(4-2)23-18/h5-7,13,15,19,23H,3-4,8-12H2,1-2H3,(H2,22,25)/t13-,15+,19+/m0/s1. The molecule has 4 rings (SSSR count). The van der Waals surface area contributed by atoms with Gasteiger partial charge in [-0.15, -0.1) is 0 Å². The molecule has 4 heteroatoms. The lowest BCUT2D eigenvalue weighted by Gasteiger charge is -2.47. The molecule has 1 fully saturated rings. The van der Waals surface area contributed by atoms with E-state index in [2.05, 4.69) is 41.9 Å². The third-order valence-corrected chi connectivity index (χ3v) is 6.23. The van der Waals surface area contributed by atoms with Gasteiger partial charge in [0.15, 0.2) is 0 Å². The van der Waals surface area contributed by atoms with E-state index in [9.17, 15) is 4.79 Å². The number of aromatic amines is 1. The van der Waals surface area contributed by atoms with Crippen LogP contribution in [0.1, 0.15) is 55.8 Å². The number of fused-ring (bicyclic) bond motifs is 2. The summed E-state index contributed by atoms with van der Waals surface area (Å²) in [5, 5.41) is 1.46.